The van der Waals surface area contributed by atoms with Crippen LogP contribution in [0, 0.1) is 0 Å². The summed E-state index contributed by atoms with van der Waals surface area (Å²) in [6.45, 7) is 2.42. The smallest absolute Gasteiger partial charge is 0.290 e. The molecule has 1 fully saturated rings. The van der Waals surface area contributed by atoms with Crippen LogP contribution in [0.2, 0.25) is 0 Å². The molecule has 80 valence electrons. The summed E-state index contributed by atoms with van der Waals surface area (Å²) in [6, 6.07) is 0. The Hall–Kier alpha value is -0.360. The number of rotatable bonds is 0. The molecule has 1 saturated heterocycles. The van der Waals surface area contributed by atoms with Gasteiger partial charge in [-0.15, -0.1) is 0 Å². The third-order valence-corrected chi connectivity index (χ3v) is 1.21. The van der Waals surface area contributed by atoms with Gasteiger partial charge in [0.15, 0.2) is 0 Å². The lowest BCUT2D eigenvalue weighted by Gasteiger charge is -2.34. The highest BCUT2D eigenvalue weighted by molar-refractivity contribution is 4.73. The molecule has 2 nitrogen and oxygen atoms in total. The van der Waals surface area contributed by atoms with E-state index in [1.807, 2.05) is 13.8 Å². The van der Waals surface area contributed by atoms with E-state index in [1.165, 1.54) is 7.05 Å². The molecular formula is C7H13F4NO. The van der Waals surface area contributed by atoms with Crippen molar-refractivity contribution in [2.24, 2.45) is 0 Å². The number of alkyl halides is 4. The van der Waals surface area contributed by atoms with E-state index >= 15 is 0 Å². The van der Waals surface area contributed by atoms with Gasteiger partial charge in [0.2, 0.25) is 0 Å². The molecule has 1 heterocycles. The van der Waals surface area contributed by atoms with Gasteiger partial charge in [0.25, 0.3) is 0 Å². The first kappa shape index (κ1) is 12.6. The minimum absolute atomic E-state index is 0.789. The van der Waals surface area contributed by atoms with Crippen LogP contribution in [0.3, 0.4) is 0 Å². The molecule has 1 rings (SSSR count). The average molecular weight is 203 g/mol. The summed E-state index contributed by atoms with van der Waals surface area (Å²) in [6.07, 6.45) is -7.48. The summed E-state index contributed by atoms with van der Waals surface area (Å²) in [5.41, 5.74) is 0. The fourth-order valence-electron chi connectivity index (χ4n) is 0.967. The Labute approximate surface area is 74.5 Å². The minimum Gasteiger partial charge on any atom is -0.290 e. The first-order valence-electron chi connectivity index (χ1n) is 3.95. The molecule has 0 aromatic heterocycles. The molecule has 6 heteroatoms. The van der Waals surface area contributed by atoms with Gasteiger partial charge in [0.05, 0.1) is 13.1 Å². The molecule has 0 atom stereocenters. The zero-order valence-electron chi connectivity index (χ0n) is 7.78. The number of hydrogen-bond acceptors (Lipinski definition) is 2. The highest BCUT2D eigenvalue weighted by Gasteiger charge is 2.50. The zero-order valence-corrected chi connectivity index (χ0v) is 7.78. The van der Waals surface area contributed by atoms with Crippen LogP contribution in [0.5, 0.6) is 0 Å². The van der Waals surface area contributed by atoms with Crippen molar-refractivity contribution in [2.45, 2.75) is 26.1 Å². The van der Waals surface area contributed by atoms with Crippen LogP contribution < -0.4 is 0 Å². The molecule has 0 N–H and O–H groups in total. The van der Waals surface area contributed by atoms with Crippen LogP contribution in [-0.2, 0) is 4.74 Å². The van der Waals surface area contributed by atoms with E-state index < -0.39 is 25.3 Å². The Bertz CT molecular complexity index is 147. The highest BCUT2D eigenvalue weighted by Crippen LogP contribution is 2.32. The summed E-state index contributed by atoms with van der Waals surface area (Å²) in [5.74, 6) is 0. The van der Waals surface area contributed by atoms with Crippen molar-refractivity contribution in [3.8, 4) is 0 Å². The average Bonchev–Trinajstić information content (AvgIpc) is 1.82. The molecule has 13 heavy (non-hydrogen) atoms. The molecule has 1 aliphatic rings. The van der Waals surface area contributed by atoms with E-state index in [4.69, 9.17) is 0 Å². The van der Waals surface area contributed by atoms with Gasteiger partial charge >= 0.3 is 12.2 Å². The fraction of sp³-hybridized carbons (Fsp3) is 1.00. The van der Waals surface area contributed by atoms with Crippen molar-refractivity contribution in [1.82, 2.24) is 4.90 Å². The molecular weight excluding hydrogens is 190 g/mol. The molecule has 0 saturated carbocycles. The molecule has 1 aliphatic heterocycles. The molecule has 0 aliphatic carbocycles. The van der Waals surface area contributed by atoms with E-state index in [1.54, 1.807) is 0 Å². The van der Waals surface area contributed by atoms with Gasteiger partial charge in [-0.05, 0) is 7.05 Å². The summed E-state index contributed by atoms with van der Waals surface area (Å²) < 4.78 is 52.0. The van der Waals surface area contributed by atoms with Crippen molar-refractivity contribution in [2.75, 3.05) is 20.1 Å². The quantitative estimate of drug-likeness (QED) is 0.559. The number of likely N-dealkylation sites (N-methyl/N-ethyl adjacent to an activating group) is 1. The van der Waals surface area contributed by atoms with Crippen molar-refractivity contribution >= 4 is 0 Å². The Morgan fingerprint density at radius 3 is 1.54 bits per heavy atom. The first-order chi connectivity index (χ1) is 5.81. The number of halogens is 4. The first-order valence-corrected chi connectivity index (χ1v) is 3.95. The second-order valence-electron chi connectivity index (χ2n) is 2.55. The Balaban J connectivity index is 0.000000671. The van der Waals surface area contributed by atoms with Crippen LogP contribution >= 0.6 is 0 Å². The summed E-state index contributed by atoms with van der Waals surface area (Å²) in [7, 11) is 1.18. The van der Waals surface area contributed by atoms with Crippen molar-refractivity contribution in [3.05, 3.63) is 0 Å². The van der Waals surface area contributed by atoms with Gasteiger partial charge < -0.3 is 0 Å². The maximum absolute atomic E-state index is 12.2. The molecule has 0 aromatic carbocycles. The fourth-order valence-corrected chi connectivity index (χ4v) is 0.967. The Morgan fingerprint density at radius 2 is 1.31 bits per heavy atom. The van der Waals surface area contributed by atoms with Crippen molar-refractivity contribution in [1.29, 1.82) is 0 Å². The van der Waals surface area contributed by atoms with Gasteiger partial charge in [-0.2, -0.15) is 17.6 Å². The van der Waals surface area contributed by atoms with E-state index in [2.05, 4.69) is 4.74 Å². The molecule has 0 radical (unpaired) electrons. The van der Waals surface area contributed by atoms with Crippen molar-refractivity contribution < 1.29 is 22.3 Å². The van der Waals surface area contributed by atoms with Crippen LogP contribution in [0.15, 0.2) is 0 Å². The van der Waals surface area contributed by atoms with Crippen LogP contribution in [0.1, 0.15) is 13.8 Å². The summed E-state index contributed by atoms with van der Waals surface area (Å²) >= 11 is 0. The standard InChI is InChI=1S/C5H7F4NO.C2H6/c1-10-2-4(6,7)11-5(8,9)3-10;1-2/h2-3H2,1H3;1-2H3. The Morgan fingerprint density at radius 1 is 1.00 bits per heavy atom. The molecule has 0 amide bonds. The van der Waals surface area contributed by atoms with Gasteiger partial charge in [-0.3, -0.25) is 9.64 Å². The number of hydrogen-bond donors (Lipinski definition) is 0. The lowest BCUT2D eigenvalue weighted by Crippen LogP contribution is -2.53. The van der Waals surface area contributed by atoms with Crippen LogP contribution in [-0.4, -0.2) is 37.3 Å². The van der Waals surface area contributed by atoms with E-state index in [0.717, 1.165) is 4.90 Å². The molecule has 0 unspecified atom stereocenters. The van der Waals surface area contributed by atoms with Gasteiger partial charge in [-0.1, -0.05) is 13.8 Å². The second-order valence-corrected chi connectivity index (χ2v) is 2.55. The third-order valence-electron chi connectivity index (χ3n) is 1.21. The largest absolute Gasteiger partial charge is 0.372 e. The van der Waals surface area contributed by atoms with Gasteiger partial charge in [0.1, 0.15) is 0 Å². The Kier molecular flexibility index (Phi) is 4.12. The van der Waals surface area contributed by atoms with Gasteiger partial charge in [-0.25, -0.2) is 0 Å². The van der Waals surface area contributed by atoms with Crippen LogP contribution in [0.25, 0.3) is 0 Å². The zero-order chi connectivity index (χ0) is 10.7. The minimum atomic E-state index is -3.74. The lowest BCUT2D eigenvalue weighted by molar-refractivity contribution is -0.403. The maximum atomic E-state index is 12.2. The molecule has 0 aromatic rings. The molecule has 0 spiro atoms. The SMILES string of the molecule is CC.CN1CC(F)(F)OC(F)(F)C1. The van der Waals surface area contributed by atoms with Crippen LogP contribution in [0.4, 0.5) is 17.6 Å². The maximum Gasteiger partial charge on any atom is 0.372 e. The summed E-state index contributed by atoms with van der Waals surface area (Å²) in [4.78, 5) is 0.823. The van der Waals surface area contributed by atoms with Crippen molar-refractivity contribution in [3.63, 3.8) is 0 Å². The normalized spacial score (nSPS) is 26.1. The predicted octanol–water partition coefficient (Wildman–Crippen LogP) is 2.16. The monoisotopic (exact) mass is 203 g/mol. The predicted molar refractivity (Wildman–Crippen MR) is 39.8 cm³/mol. The summed E-state index contributed by atoms with van der Waals surface area (Å²) in [5, 5.41) is 0. The van der Waals surface area contributed by atoms with Gasteiger partial charge in [0, 0.05) is 0 Å². The van der Waals surface area contributed by atoms with E-state index in [0.29, 0.717) is 0 Å². The second kappa shape index (κ2) is 4.23. The topological polar surface area (TPSA) is 12.5 Å². The van der Waals surface area contributed by atoms with E-state index in [9.17, 15) is 17.6 Å². The number of morpholine rings is 1. The lowest BCUT2D eigenvalue weighted by atomic mass is 10.4. The third kappa shape index (κ3) is 4.42. The highest BCUT2D eigenvalue weighted by atomic mass is 19.3. The van der Waals surface area contributed by atoms with E-state index in [-0.39, 0.29) is 0 Å². The number of ether oxygens (including phenoxy) is 1. The number of nitrogens with zero attached hydrogens (tertiary/aromatic N) is 1. The molecule has 0 bridgehead atoms.